The van der Waals surface area contributed by atoms with Gasteiger partial charge in [0.25, 0.3) is 0 Å². The Hall–Kier alpha value is -1.74. The minimum Gasteiger partial charge on any atom is -0.368 e. The van der Waals surface area contributed by atoms with E-state index < -0.39 is 0 Å². The molecular weight excluding hydrogens is 287 g/mol. The minimum absolute atomic E-state index is 0.184. The normalized spacial score (nSPS) is 15.3. The van der Waals surface area contributed by atoms with Crippen molar-refractivity contribution in [2.45, 2.75) is 5.88 Å². The van der Waals surface area contributed by atoms with Gasteiger partial charge in [-0.05, 0) is 42.0 Å². The molecule has 1 aliphatic rings. The number of hydrogen-bond acceptors (Lipinski definition) is 2. The number of rotatable bonds is 3. The number of anilines is 2. The molecule has 2 nitrogen and oxygen atoms in total. The molecule has 2 aromatic rings. The van der Waals surface area contributed by atoms with Crippen LogP contribution in [0, 0.1) is 5.82 Å². The molecule has 0 spiro atoms. The molecule has 3 rings (SSSR count). The molecule has 0 atom stereocenters. The van der Waals surface area contributed by atoms with Crippen LogP contribution in [0.2, 0.25) is 0 Å². The summed E-state index contributed by atoms with van der Waals surface area (Å²) < 4.78 is 13.0. The SMILES string of the molecule is Fc1ccc(N2CCN(c3ccc(CCl)cc3)CC2)cc1. The third-order valence-electron chi connectivity index (χ3n) is 3.93. The highest BCUT2D eigenvalue weighted by Gasteiger charge is 2.17. The van der Waals surface area contributed by atoms with Crippen molar-refractivity contribution in [1.82, 2.24) is 0 Å². The predicted molar refractivity (Wildman–Crippen MR) is 86.8 cm³/mol. The van der Waals surface area contributed by atoms with Crippen LogP contribution in [-0.4, -0.2) is 26.2 Å². The van der Waals surface area contributed by atoms with Crippen LogP contribution in [0.4, 0.5) is 15.8 Å². The van der Waals surface area contributed by atoms with Gasteiger partial charge in [-0.1, -0.05) is 12.1 Å². The number of piperazine rings is 1. The van der Waals surface area contributed by atoms with Crippen LogP contribution in [-0.2, 0) is 5.88 Å². The van der Waals surface area contributed by atoms with Crippen molar-refractivity contribution in [3.8, 4) is 0 Å². The molecule has 0 aromatic heterocycles. The molecule has 0 aliphatic carbocycles. The van der Waals surface area contributed by atoms with Crippen molar-refractivity contribution in [3.63, 3.8) is 0 Å². The highest BCUT2D eigenvalue weighted by Crippen LogP contribution is 2.21. The molecule has 21 heavy (non-hydrogen) atoms. The van der Waals surface area contributed by atoms with Gasteiger partial charge in [0, 0.05) is 43.4 Å². The molecular formula is C17H18ClFN2. The van der Waals surface area contributed by atoms with Gasteiger partial charge in [0.1, 0.15) is 5.82 Å². The van der Waals surface area contributed by atoms with E-state index in [0.717, 1.165) is 37.4 Å². The van der Waals surface area contributed by atoms with Crippen LogP contribution in [0.1, 0.15) is 5.56 Å². The lowest BCUT2D eigenvalue weighted by atomic mass is 10.2. The Balaban J connectivity index is 1.62. The van der Waals surface area contributed by atoms with Crippen LogP contribution in [0.3, 0.4) is 0 Å². The molecule has 1 aliphatic heterocycles. The Morgan fingerprint density at radius 2 is 1.19 bits per heavy atom. The van der Waals surface area contributed by atoms with E-state index in [0.29, 0.717) is 5.88 Å². The maximum atomic E-state index is 13.0. The number of nitrogens with zero attached hydrogens (tertiary/aromatic N) is 2. The molecule has 4 heteroatoms. The standard InChI is InChI=1S/C17H18ClFN2/c18-13-14-1-5-16(6-2-14)20-9-11-21(12-10-20)17-7-3-15(19)4-8-17/h1-8H,9-13H2. The zero-order valence-electron chi connectivity index (χ0n) is 11.8. The van der Waals surface area contributed by atoms with Crippen molar-refractivity contribution in [2.24, 2.45) is 0 Å². The van der Waals surface area contributed by atoms with E-state index >= 15 is 0 Å². The second-order valence-electron chi connectivity index (χ2n) is 5.25. The van der Waals surface area contributed by atoms with Gasteiger partial charge in [-0.3, -0.25) is 0 Å². The Morgan fingerprint density at radius 3 is 1.62 bits per heavy atom. The average Bonchev–Trinajstić information content (AvgIpc) is 2.56. The maximum absolute atomic E-state index is 13.0. The molecule has 0 radical (unpaired) electrons. The van der Waals surface area contributed by atoms with E-state index in [-0.39, 0.29) is 5.82 Å². The second-order valence-corrected chi connectivity index (χ2v) is 5.52. The van der Waals surface area contributed by atoms with Gasteiger partial charge < -0.3 is 9.80 Å². The molecule has 110 valence electrons. The molecule has 1 heterocycles. The van der Waals surface area contributed by atoms with Crippen molar-refractivity contribution in [3.05, 3.63) is 59.9 Å². The van der Waals surface area contributed by atoms with Crippen LogP contribution >= 0.6 is 11.6 Å². The van der Waals surface area contributed by atoms with Crippen LogP contribution in [0.5, 0.6) is 0 Å². The summed E-state index contributed by atoms with van der Waals surface area (Å²) in [6, 6.07) is 15.2. The predicted octanol–water partition coefficient (Wildman–Crippen LogP) is 3.89. The lowest BCUT2D eigenvalue weighted by Gasteiger charge is -2.37. The van der Waals surface area contributed by atoms with E-state index in [1.54, 1.807) is 0 Å². The molecule has 0 amide bonds. The van der Waals surface area contributed by atoms with Crippen molar-refractivity contribution in [1.29, 1.82) is 0 Å². The first-order valence-electron chi connectivity index (χ1n) is 7.16. The maximum Gasteiger partial charge on any atom is 0.123 e. The second kappa shape index (κ2) is 6.35. The van der Waals surface area contributed by atoms with E-state index in [4.69, 9.17) is 11.6 Å². The Bertz CT molecular complexity index is 575. The fourth-order valence-corrected chi connectivity index (χ4v) is 2.85. The summed E-state index contributed by atoms with van der Waals surface area (Å²) in [6.45, 7) is 3.83. The zero-order chi connectivity index (χ0) is 14.7. The third-order valence-corrected chi connectivity index (χ3v) is 4.24. The molecule has 0 N–H and O–H groups in total. The summed E-state index contributed by atoms with van der Waals surface area (Å²) in [4.78, 5) is 4.67. The first kappa shape index (κ1) is 14.2. The van der Waals surface area contributed by atoms with Gasteiger partial charge >= 0.3 is 0 Å². The summed E-state index contributed by atoms with van der Waals surface area (Å²) in [7, 11) is 0. The van der Waals surface area contributed by atoms with E-state index in [2.05, 4.69) is 34.1 Å². The largest absolute Gasteiger partial charge is 0.368 e. The van der Waals surface area contributed by atoms with Gasteiger partial charge in [0.15, 0.2) is 0 Å². The molecule has 0 bridgehead atoms. The van der Waals surface area contributed by atoms with E-state index in [1.807, 2.05) is 12.1 Å². The monoisotopic (exact) mass is 304 g/mol. The van der Waals surface area contributed by atoms with Gasteiger partial charge in [-0.25, -0.2) is 4.39 Å². The van der Waals surface area contributed by atoms with Gasteiger partial charge in [-0.15, -0.1) is 11.6 Å². The highest BCUT2D eigenvalue weighted by molar-refractivity contribution is 6.17. The fourth-order valence-electron chi connectivity index (χ4n) is 2.67. The third kappa shape index (κ3) is 3.30. The van der Waals surface area contributed by atoms with Crippen LogP contribution in [0.15, 0.2) is 48.5 Å². The molecule has 1 fully saturated rings. The Morgan fingerprint density at radius 1 is 0.762 bits per heavy atom. The number of halogens is 2. The summed E-state index contributed by atoms with van der Waals surface area (Å²) in [5.74, 6) is 0.371. The average molecular weight is 305 g/mol. The first-order valence-corrected chi connectivity index (χ1v) is 7.70. The van der Waals surface area contributed by atoms with Crippen molar-refractivity contribution in [2.75, 3.05) is 36.0 Å². The smallest absolute Gasteiger partial charge is 0.123 e. The van der Waals surface area contributed by atoms with Gasteiger partial charge in [-0.2, -0.15) is 0 Å². The summed E-state index contributed by atoms with van der Waals surface area (Å²) in [6.07, 6.45) is 0. The number of benzene rings is 2. The molecule has 2 aromatic carbocycles. The Kier molecular flexibility index (Phi) is 4.30. The first-order chi connectivity index (χ1) is 10.3. The summed E-state index contributed by atoms with van der Waals surface area (Å²) >= 11 is 5.82. The quantitative estimate of drug-likeness (QED) is 0.794. The van der Waals surface area contributed by atoms with Crippen molar-refractivity contribution < 1.29 is 4.39 Å². The van der Waals surface area contributed by atoms with E-state index in [9.17, 15) is 4.39 Å². The number of alkyl halides is 1. The Labute approximate surface area is 129 Å². The van der Waals surface area contributed by atoms with E-state index in [1.165, 1.54) is 17.8 Å². The topological polar surface area (TPSA) is 6.48 Å². The van der Waals surface area contributed by atoms with Crippen LogP contribution in [0.25, 0.3) is 0 Å². The number of hydrogen-bond donors (Lipinski definition) is 0. The minimum atomic E-state index is -0.184. The lowest BCUT2D eigenvalue weighted by Crippen LogP contribution is -2.46. The highest BCUT2D eigenvalue weighted by atomic mass is 35.5. The molecule has 0 saturated carbocycles. The summed E-state index contributed by atoms with van der Waals surface area (Å²) in [5, 5.41) is 0. The summed E-state index contributed by atoms with van der Waals surface area (Å²) in [5.41, 5.74) is 3.47. The molecule has 1 saturated heterocycles. The van der Waals surface area contributed by atoms with Gasteiger partial charge in [0.2, 0.25) is 0 Å². The van der Waals surface area contributed by atoms with Crippen molar-refractivity contribution >= 4 is 23.0 Å². The lowest BCUT2D eigenvalue weighted by molar-refractivity contribution is 0.625. The fraction of sp³-hybridized carbons (Fsp3) is 0.294. The van der Waals surface area contributed by atoms with Gasteiger partial charge in [0.05, 0.1) is 0 Å². The molecule has 0 unspecified atom stereocenters. The van der Waals surface area contributed by atoms with Crippen LogP contribution < -0.4 is 9.80 Å². The zero-order valence-corrected chi connectivity index (χ0v) is 12.6.